The Bertz CT molecular complexity index is 1030. The van der Waals surface area contributed by atoms with Gasteiger partial charge in [0.05, 0.1) is 18.3 Å². The Balaban J connectivity index is 1.50. The molecule has 0 amide bonds. The number of aliphatic hydroxyl groups is 5. The molecule has 0 bridgehead atoms. The molecule has 5 atom stereocenters. The van der Waals surface area contributed by atoms with Gasteiger partial charge in [0.2, 0.25) is 6.29 Å². The van der Waals surface area contributed by atoms with E-state index in [9.17, 15) is 20.4 Å². The Morgan fingerprint density at radius 1 is 0.818 bits per heavy atom. The van der Waals surface area contributed by atoms with Gasteiger partial charge >= 0.3 is 0 Å². The number of hydrogen-bond acceptors (Lipinski definition) is 8. The summed E-state index contributed by atoms with van der Waals surface area (Å²) in [6, 6.07) is 13.6. The molecule has 0 saturated carbocycles. The van der Waals surface area contributed by atoms with Crippen LogP contribution in [0.1, 0.15) is 23.1 Å². The van der Waals surface area contributed by atoms with Crippen molar-refractivity contribution in [1.82, 2.24) is 0 Å². The van der Waals surface area contributed by atoms with Gasteiger partial charge in [-0.1, -0.05) is 30.3 Å². The van der Waals surface area contributed by atoms with Crippen LogP contribution in [-0.2, 0) is 24.0 Å². The van der Waals surface area contributed by atoms with E-state index in [2.05, 4.69) is 24.3 Å². The normalized spacial score (nSPS) is 25.4. The lowest BCUT2D eigenvalue weighted by atomic mass is 9.99. The van der Waals surface area contributed by atoms with E-state index in [4.69, 9.17) is 19.0 Å². The fraction of sp³-hybridized carbons (Fsp3) is 0.440. The molecule has 0 unspecified atom stereocenters. The summed E-state index contributed by atoms with van der Waals surface area (Å²) in [4.78, 5) is 0. The van der Waals surface area contributed by atoms with Crippen LogP contribution in [0.15, 0.2) is 53.1 Å². The van der Waals surface area contributed by atoms with Gasteiger partial charge in [-0.05, 0) is 48.9 Å². The summed E-state index contributed by atoms with van der Waals surface area (Å²) in [5, 5.41) is 49.5. The molecule has 2 aromatic carbocycles. The van der Waals surface area contributed by atoms with Crippen molar-refractivity contribution in [2.75, 3.05) is 13.2 Å². The van der Waals surface area contributed by atoms with E-state index >= 15 is 0 Å². The summed E-state index contributed by atoms with van der Waals surface area (Å²) in [5.74, 6) is 0.417. The third kappa shape index (κ3) is 5.22. The van der Waals surface area contributed by atoms with E-state index in [0.717, 1.165) is 30.2 Å². The van der Waals surface area contributed by atoms with Gasteiger partial charge in [-0.2, -0.15) is 0 Å². The lowest BCUT2D eigenvalue weighted by molar-refractivity contribution is -0.277. The molecule has 0 aliphatic carbocycles. The Labute approximate surface area is 191 Å². The Hall–Kier alpha value is -2.46. The van der Waals surface area contributed by atoms with Crippen LogP contribution in [0.4, 0.5) is 0 Å². The zero-order chi connectivity index (χ0) is 23.4. The number of hydrogen-bond donors (Lipinski definition) is 5. The van der Waals surface area contributed by atoms with Gasteiger partial charge in [-0.3, -0.25) is 0 Å². The fourth-order valence-electron chi connectivity index (χ4n) is 4.13. The van der Waals surface area contributed by atoms with Crippen LogP contribution in [0.5, 0.6) is 5.75 Å². The number of aryl methyl sites for hydroxylation is 3. The first-order chi connectivity index (χ1) is 16.0. The highest BCUT2D eigenvalue weighted by atomic mass is 16.7. The maximum atomic E-state index is 10.3. The van der Waals surface area contributed by atoms with E-state index in [1.54, 1.807) is 18.4 Å². The van der Waals surface area contributed by atoms with Crippen molar-refractivity contribution in [1.29, 1.82) is 0 Å². The van der Waals surface area contributed by atoms with Crippen LogP contribution in [0.2, 0.25) is 0 Å². The molecule has 0 radical (unpaired) electrons. The molecule has 2 heterocycles. The van der Waals surface area contributed by atoms with Gasteiger partial charge in [0.15, 0.2) is 0 Å². The van der Waals surface area contributed by atoms with E-state index in [1.165, 1.54) is 11.1 Å². The molecule has 1 aliphatic heterocycles. The first-order valence-corrected chi connectivity index (χ1v) is 11.2. The van der Waals surface area contributed by atoms with E-state index < -0.39 is 37.3 Å². The molecule has 178 valence electrons. The first kappa shape index (κ1) is 23.7. The maximum absolute atomic E-state index is 10.3. The molecular weight excluding hydrogens is 428 g/mol. The van der Waals surface area contributed by atoms with E-state index in [0.29, 0.717) is 17.8 Å². The van der Waals surface area contributed by atoms with Crippen molar-refractivity contribution in [2.24, 2.45) is 0 Å². The van der Waals surface area contributed by atoms with Crippen LogP contribution < -0.4 is 4.74 Å². The Kier molecular flexibility index (Phi) is 7.64. The summed E-state index contributed by atoms with van der Waals surface area (Å²) >= 11 is 0. The molecular formula is C25H30O8. The van der Waals surface area contributed by atoms with Crippen LogP contribution in [0, 0.1) is 0 Å². The number of aliphatic hydroxyl groups excluding tert-OH is 5. The van der Waals surface area contributed by atoms with Crippen molar-refractivity contribution in [3.05, 3.63) is 65.4 Å². The topological polar surface area (TPSA) is 133 Å². The van der Waals surface area contributed by atoms with Crippen molar-refractivity contribution in [2.45, 2.75) is 56.4 Å². The Morgan fingerprint density at radius 2 is 1.55 bits per heavy atom. The second-order valence-electron chi connectivity index (χ2n) is 8.35. The molecule has 5 N–H and O–H groups in total. The molecule has 1 aromatic heterocycles. The number of benzene rings is 2. The highest BCUT2D eigenvalue weighted by Crippen LogP contribution is 2.34. The largest absolute Gasteiger partial charge is 0.464 e. The van der Waals surface area contributed by atoms with Crippen molar-refractivity contribution < 1.29 is 39.4 Å². The average Bonchev–Trinajstić information content (AvgIpc) is 3.26. The van der Waals surface area contributed by atoms with Crippen molar-refractivity contribution in [3.8, 4) is 5.75 Å². The van der Waals surface area contributed by atoms with Crippen molar-refractivity contribution in [3.63, 3.8) is 0 Å². The minimum atomic E-state index is -1.51. The highest BCUT2D eigenvalue weighted by Gasteiger charge is 2.44. The summed E-state index contributed by atoms with van der Waals surface area (Å²) in [5.41, 5.74) is 3.90. The first-order valence-electron chi connectivity index (χ1n) is 11.2. The zero-order valence-corrected chi connectivity index (χ0v) is 18.2. The van der Waals surface area contributed by atoms with Gasteiger partial charge in [-0.15, -0.1) is 0 Å². The third-order valence-electron chi connectivity index (χ3n) is 6.06. The average molecular weight is 459 g/mol. The maximum Gasteiger partial charge on any atom is 0.229 e. The second-order valence-corrected chi connectivity index (χ2v) is 8.35. The summed E-state index contributed by atoms with van der Waals surface area (Å²) in [6.45, 7) is -0.340. The van der Waals surface area contributed by atoms with Crippen LogP contribution >= 0.6 is 0 Å². The number of fused-ring (bicyclic) bond motifs is 1. The molecule has 4 rings (SSSR count). The molecule has 3 aromatic rings. The number of ether oxygens (including phenoxy) is 2. The summed E-state index contributed by atoms with van der Waals surface area (Å²) in [6.07, 6.45) is -2.00. The van der Waals surface area contributed by atoms with Gasteiger partial charge in [0.1, 0.15) is 35.7 Å². The summed E-state index contributed by atoms with van der Waals surface area (Å²) < 4.78 is 17.1. The number of furan rings is 1. The van der Waals surface area contributed by atoms with Crippen LogP contribution in [-0.4, -0.2) is 69.5 Å². The lowest BCUT2D eigenvalue weighted by Gasteiger charge is -2.39. The molecule has 8 heteroatoms. The second kappa shape index (κ2) is 10.6. The third-order valence-corrected chi connectivity index (χ3v) is 6.06. The van der Waals surface area contributed by atoms with E-state index in [1.807, 2.05) is 6.07 Å². The molecule has 1 saturated heterocycles. The van der Waals surface area contributed by atoms with Crippen LogP contribution in [0.3, 0.4) is 0 Å². The van der Waals surface area contributed by atoms with E-state index in [-0.39, 0.29) is 6.61 Å². The fourth-order valence-corrected chi connectivity index (χ4v) is 4.13. The standard InChI is InChI=1S/C25H30O8/c26-12-2-3-15-6-8-16(9-7-15)10-11-17-14-31-18-4-1-5-19(21(17)18)32-25-24(30)23(29)22(28)20(13-27)33-25/h1,4-9,14,20,22-30H,2-3,10-13H2/t20-,22-,23+,24-,25-/m1/s1. The predicted octanol–water partition coefficient (Wildman–Crippen LogP) is 1.32. The van der Waals surface area contributed by atoms with Gasteiger partial charge in [0, 0.05) is 12.2 Å². The SMILES string of the molecule is OCCCc1ccc(CCc2coc3cccc(O[C@@H]4O[C@H](CO)[C@@H](O)[C@H](O)[C@H]4O)c23)cc1. The Morgan fingerprint density at radius 3 is 2.24 bits per heavy atom. The minimum Gasteiger partial charge on any atom is -0.464 e. The summed E-state index contributed by atoms with van der Waals surface area (Å²) in [7, 11) is 0. The van der Waals surface area contributed by atoms with Gasteiger partial charge in [0.25, 0.3) is 0 Å². The van der Waals surface area contributed by atoms with Crippen LogP contribution in [0.25, 0.3) is 11.0 Å². The molecule has 1 fully saturated rings. The lowest BCUT2D eigenvalue weighted by Crippen LogP contribution is -2.60. The molecule has 0 spiro atoms. The molecule has 33 heavy (non-hydrogen) atoms. The predicted molar refractivity (Wildman–Crippen MR) is 120 cm³/mol. The smallest absolute Gasteiger partial charge is 0.229 e. The van der Waals surface area contributed by atoms with Gasteiger partial charge < -0.3 is 39.4 Å². The molecule has 8 nitrogen and oxygen atoms in total. The number of rotatable bonds is 9. The van der Waals surface area contributed by atoms with Gasteiger partial charge in [-0.25, -0.2) is 0 Å². The monoisotopic (exact) mass is 458 g/mol. The quantitative estimate of drug-likeness (QED) is 0.324. The zero-order valence-electron chi connectivity index (χ0n) is 18.2. The molecule has 1 aliphatic rings. The van der Waals surface area contributed by atoms with Crippen molar-refractivity contribution >= 4 is 11.0 Å². The highest BCUT2D eigenvalue weighted by molar-refractivity contribution is 5.87. The minimum absolute atomic E-state index is 0.183.